The van der Waals surface area contributed by atoms with E-state index in [0.717, 1.165) is 32.2 Å². The average Bonchev–Trinajstić information content (AvgIpc) is 3.03. The number of ketones is 1. The third-order valence-corrected chi connectivity index (χ3v) is 6.33. The van der Waals surface area contributed by atoms with Crippen molar-refractivity contribution in [3.8, 4) is 0 Å². The molecule has 140 valence electrons. The molecule has 0 N–H and O–H groups in total. The number of aromatic nitrogens is 1. The van der Waals surface area contributed by atoms with Crippen molar-refractivity contribution in [3.63, 3.8) is 0 Å². The van der Waals surface area contributed by atoms with Gasteiger partial charge in [0.2, 0.25) is 0 Å². The molecule has 0 aliphatic heterocycles. The topological polar surface area (TPSA) is 22.0 Å². The van der Waals surface area contributed by atoms with Crippen molar-refractivity contribution in [2.75, 3.05) is 0 Å². The van der Waals surface area contributed by atoms with Crippen LogP contribution in [-0.2, 0) is 17.8 Å². The highest BCUT2D eigenvalue weighted by Gasteiger charge is 2.37. The van der Waals surface area contributed by atoms with Gasteiger partial charge in [-0.25, -0.2) is 0 Å². The minimum Gasteiger partial charge on any atom is -0.340 e. The molecule has 1 atom stereocenters. The molecule has 4 aromatic rings. The third kappa shape index (κ3) is 3.03. The Bertz CT molecular complexity index is 1090. The van der Waals surface area contributed by atoms with Crippen molar-refractivity contribution in [1.29, 1.82) is 0 Å². The second kappa shape index (κ2) is 6.94. The van der Waals surface area contributed by atoms with Crippen LogP contribution in [0.15, 0.2) is 78.9 Å². The van der Waals surface area contributed by atoms with Crippen molar-refractivity contribution >= 4 is 27.6 Å². The van der Waals surface area contributed by atoms with Crippen LogP contribution in [-0.4, -0.2) is 10.4 Å². The molecule has 0 spiro atoms. The summed E-state index contributed by atoms with van der Waals surface area (Å²) in [7, 11) is 0. The Morgan fingerprint density at radius 2 is 1.39 bits per heavy atom. The Hall–Kier alpha value is -2.87. The van der Waals surface area contributed by atoms with E-state index in [1.807, 2.05) is 0 Å². The lowest BCUT2D eigenvalue weighted by atomic mass is 9.69. The molecule has 0 amide bonds. The summed E-state index contributed by atoms with van der Waals surface area (Å²) in [6, 6.07) is 28.0. The molecule has 0 saturated heterocycles. The van der Waals surface area contributed by atoms with Crippen molar-refractivity contribution in [3.05, 3.63) is 84.4 Å². The van der Waals surface area contributed by atoms with Crippen LogP contribution in [0, 0.1) is 5.41 Å². The number of hydrogen-bond acceptors (Lipinski definition) is 1. The molecule has 2 heteroatoms. The summed E-state index contributed by atoms with van der Waals surface area (Å²) >= 11 is 0. The predicted octanol–water partition coefficient (Wildman–Crippen LogP) is 6.17. The van der Waals surface area contributed by atoms with E-state index in [9.17, 15) is 4.79 Å². The molecule has 3 aromatic carbocycles. The highest BCUT2D eigenvalue weighted by molar-refractivity contribution is 6.08. The average molecular weight is 367 g/mol. The van der Waals surface area contributed by atoms with Crippen LogP contribution >= 0.6 is 0 Å². The van der Waals surface area contributed by atoms with Gasteiger partial charge in [0, 0.05) is 41.2 Å². The second-order valence-corrected chi connectivity index (χ2v) is 8.35. The van der Waals surface area contributed by atoms with E-state index in [1.54, 1.807) is 0 Å². The predicted molar refractivity (Wildman–Crippen MR) is 115 cm³/mol. The Labute approximate surface area is 165 Å². The fraction of sp³-hybridized carbons (Fsp3) is 0.269. The highest BCUT2D eigenvalue weighted by atomic mass is 16.1. The van der Waals surface area contributed by atoms with Gasteiger partial charge >= 0.3 is 0 Å². The quantitative estimate of drug-likeness (QED) is 0.423. The SMILES string of the molecule is O=C1CCC[C@](Cc2ccccc2)(Cn2c3ccccc3c3ccccc32)C1. The number of nitrogens with zero attached hydrogens (tertiary/aromatic N) is 1. The molecular weight excluding hydrogens is 342 g/mol. The molecule has 1 fully saturated rings. The zero-order valence-corrected chi connectivity index (χ0v) is 16.1. The van der Waals surface area contributed by atoms with Gasteiger partial charge in [-0.2, -0.15) is 0 Å². The largest absolute Gasteiger partial charge is 0.340 e. The van der Waals surface area contributed by atoms with Crippen molar-refractivity contribution < 1.29 is 4.79 Å². The Balaban J connectivity index is 1.64. The zero-order valence-electron chi connectivity index (χ0n) is 16.1. The smallest absolute Gasteiger partial charge is 0.133 e. The lowest BCUT2D eigenvalue weighted by Gasteiger charge is -2.37. The number of Topliss-reactive ketones (excluding diaryl/α,β-unsaturated/α-hetero) is 1. The fourth-order valence-corrected chi connectivity index (χ4v) is 5.14. The number of hydrogen-bond donors (Lipinski definition) is 0. The maximum atomic E-state index is 12.5. The Morgan fingerprint density at radius 1 is 0.786 bits per heavy atom. The molecule has 0 radical (unpaired) electrons. The molecule has 2 nitrogen and oxygen atoms in total. The summed E-state index contributed by atoms with van der Waals surface area (Å²) < 4.78 is 2.46. The Morgan fingerprint density at radius 3 is 2.04 bits per heavy atom. The summed E-state index contributed by atoms with van der Waals surface area (Å²) in [4.78, 5) is 12.5. The molecule has 0 bridgehead atoms. The first-order valence-corrected chi connectivity index (χ1v) is 10.3. The van der Waals surface area contributed by atoms with Crippen LogP contribution in [0.5, 0.6) is 0 Å². The van der Waals surface area contributed by atoms with Crippen molar-refractivity contribution in [1.82, 2.24) is 4.57 Å². The highest BCUT2D eigenvalue weighted by Crippen LogP contribution is 2.41. The first kappa shape index (κ1) is 17.2. The maximum Gasteiger partial charge on any atom is 0.133 e. The van der Waals surface area contributed by atoms with Crippen molar-refractivity contribution in [2.24, 2.45) is 5.41 Å². The lowest BCUT2D eigenvalue weighted by molar-refractivity contribution is -0.124. The van der Waals surface area contributed by atoms with Gasteiger partial charge in [-0.05, 0) is 42.4 Å². The third-order valence-electron chi connectivity index (χ3n) is 6.33. The summed E-state index contributed by atoms with van der Waals surface area (Å²) in [5.74, 6) is 0.419. The van der Waals surface area contributed by atoms with Gasteiger partial charge in [0.25, 0.3) is 0 Å². The number of benzene rings is 3. The Kier molecular flexibility index (Phi) is 4.27. The van der Waals surface area contributed by atoms with Gasteiger partial charge in [0.15, 0.2) is 0 Å². The molecule has 1 aromatic heterocycles. The summed E-state index contributed by atoms with van der Waals surface area (Å²) in [5, 5.41) is 2.60. The van der Waals surface area contributed by atoms with E-state index in [1.165, 1.54) is 27.4 Å². The lowest BCUT2D eigenvalue weighted by Crippen LogP contribution is -2.35. The van der Waals surface area contributed by atoms with E-state index in [2.05, 4.69) is 83.4 Å². The van der Waals surface area contributed by atoms with Gasteiger partial charge in [0.05, 0.1) is 0 Å². The number of rotatable bonds is 4. The van der Waals surface area contributed by atoms with Crippen molar-refractivity contribution in [2.45, 2.75) is 38.6 Å². The van der Waals surface area contributed by atoms with Crippen LogP contribution in [0.4, 0.5) is 0 Å². The van der Waals surface area contributed by atoms with Gasteiger partial charge in [0.1, 0.15) is 5.78 Å². The first-order valence-electron chi connectivity index (χ1n) is 10.3. The van der Waals surface area contributed by atoms with Crippen LogP contribution < -0.4 is 0 Å². The van der Waals surface area contributed by atoms with E-state index in [4.69, 9.17) is 0 Å². The number of carbonyl (C=O) groups is 1. The molecule has 5 rings (SSSR count). The normalized spacial score (nSPS) is 20.1. The van der Waals surface area contributed by atoms with E-state index in [-0.39, 0.29) is 5.41 Å². The minimum absolute atomic E-state index is 0.0126. The molecule has 1 aliphatic carbocycles. The number of carbonyl (C=O) groups excluding carboxylic acids is 1. The second-order valence-electron chi connectivity index (χ2n) is 8.35. The summed E-state index contributed by atoms with van der Waals surface area (Å²) in [6.45, 7) is 0.891. The number of fused-ring (bicyclic) bond motifs is 3. The van der Waals surface area contributed by atoms with E-state index >= 15 is 0 Å². The van der Waals surface area contributed by atoms with E-state index in [0.29, 0.717) is 12.2 Å². The van der Waals surface area contributed by atoms with Crippen LogP contribution in [0.3, 0.4) is 0 Å². The molecule has 28 heavy (non-hydrogen) atoms. The molecule has 1 saturated carbocycles. The molecule has 1 heterocycles. The van der Waals surface area contributed by atoms with Gasteiger partial charge < -0.3 is 4.57 Å². The fourth-order valence-electron chi connectivity index (χ4n) is 5.14. The van der Waals surface area contributed by atoms with Gasteiger partial charge in [-0.15, -0.1) is 0 Å². The van der Waals surface area contributed by atoms with Gasteiger partial charge in [-0.1, -0.05) is 66.7 Å². The minimum atomic E-state index is -0.0126. The molecular formula is C26H25NO. The first-order chi connectivity index (χ1) is 13.7. The monoisotopic (exact) mass is 367 g/mol. The summed E-state index contributed by atoms with van der Waals surface area (Å²) in [6.07, 6.45) is 4.49. The maximum absolute atomic E-state index is 12.5. The van der Waals surface area contributed by atoms with Crippen LogP contribution in [0.2, 0.25) is 0 Å². The summed E-state index contributed by atoms with van der Waals surface area (Å²) in [5.41, 5.74) is 3.86. The standard InChI is InChI=1S/C26H25NO/c28-21-11-8-16-26(18-21,17-20-9-2-1-3-10-20)19-27-24-14-6-4-12-22(24)23-13-5-7-15-25(23)27/h1-7,9-10,12-15H,8,11,16-19H2/t26-/m1/s1. The van der Waals surface area contributed by atoms with Gasteiger partial charge in [-0.3, -0.25) is 4.79 Å². The van der Waals surface area contributed by atoms with Crippen LogP contribution in [0.25, 0.3) is 21.8 Å². The molecule has 1 aliphatic rings. The number of para-hydroxylation sites is 2. The molecule has 0 unspecified atom stereocenters. The van der Waals surface area contributed by atoms with E-state index < -0.39 is 0 Å². The zero-order chi connectivity index (χ0) is 19.0. The van der Waals surface area contributed by atoms with Crippen LogP contribution in [0.1, 0.15) is 31.2 Å².